The van der Waals surface area contributed by atoms with E-state index in [1.807, 2.05) is 0 Å². The van der Waals surface area contributed by atoms with Crippen molar-refractivity contribution in [3.05, 3.63) is 29.1 Å². The number of thioether (sulfide) groups is 1. The highest BCUT2D eigenvalue weighted by Gasteiger charge is 2.42. The number of halogens is 3. The van der Waals surface area contributed by atoms with E-state index in [9.17, 15) is 22.8 Å². The number of fused-ring (bicyclic) bond motifs is 1. The maximum Gasteiger partial charge on any atom is 0.315 e. The van der Waals surface area contributed by atoms with Crippen molar-refractivity contribution in [2.24, 2.45) is 0 Å². The fraction of sp³-hybridized carbons (Fsp3) is 0.556. The van der Waals surface area contributed by atoms with Crippen LogP contribution >= 0.6 is 11.8 Å². The topological polar surface area (TPSA) is 67.4 Å². The van der Waals surface area contributed by atoms with Crippen LogP contribution in [0.5, 0.6) is 5.75 Å². The number of carbonyl (C=O) groups is 2. The van der Waals surface area contributed by atoms with Gasteiger partial charge in [0.15, 0.2) is 23.2 Å². The van der Waals surface area contributed by atoms with Crippen LogP contribution in [-0.2, 0) is 4.79 Å². The molecule has 3 unspecified atom stereocenters. The Morgan fingerprint density at radius 1 is 1.26 bits per heavy atom. The molecule has 2 amide bonds. The van der Waals surface area contributed by atoms with Crippen molar-refractivity contribution in [2.45, 2.75) is 49.9 Å². The molecule has 0 aliphatic carbocycles. The van der Waals surface area contributed by atoms with Gasteiger partial charge in [0.05, 0.1) is 12.1 Å². The zero-order valence-electron chi connectivity index (χ0n) is 14.8. The van der Waals surface area contributed by atoms with Crippen molar-refractivity contribution in [3.63, 3.8) is 0 Å². The molecule has 5 nitrogen and oxygen atoms in total. The number of ketones is 1. The zero-order chi connectivity index (χ0) is 19.6. The van der Waals surface area contributed by atoms with E-state index in [0.29, 0.717) is 11.7 Å². The number of amides is 2. The summed E-state index contributed by atoms with van der Waals surface area (Å²) in [5.74, 6) is -3.91. The summed E-state index contributed by atoms with van der Waals surface area (Å²) in [7, 11) is 0. The summed E-state index contributed by atoms with van der Waals surface area (Å²) >= 11 is 1.80. The molecule has 9 heteroatoms. The Morgan fingerprint density at radius 3 is 2.81 bits per heavy atom. The number of nitrogens with one attached hydrogen (secondary N) is 2. The van der Waals surface area contributed by atoms with Gasteiger partial charge in [0.1, 0.15) is 6.61 Å². The predicted octanol–water partition coefficient (Wildman–Crippen LogP) is 3.09. The number of hydrogen-bond donors (Lipinski definition) is 2. The Balaban J connectivity index is 1.39. The van der Waals surface area contributed by atoms with Crippen LogP contribution in [0.2, 0.25) is 0 Å². The molecule has 27 heavy (non-hydrogen) atoms. The lowest BCUT2D eigenvalue weighted by molar-refractivity contribution is -0.121. The lowest BCUT2D eigenvalue weighted by Crippen LogP contribution is -2.36. The monoisotopic (exact) mass is 402 g/mol. The Bertz CT molecular complexity index is 721. The molecule has 3 rings (SSSR count). The summed E-state index contributed by atoms with van der Waals surface area (Å²) < 4.78 is 45.7. The van der Waals surface area contributed by atoms with Gasteiger partial charge in [0.2, 0.25) is 5.82 Å². The number of hydrogen-bond acceptors (Lipinski definition) is 4. The number of rotatable bonds is 8. The van der Waals surface area contributed by atoms with E-state index in [1.54, 1.807) is 11.8 Å². The molecule has 2 aliphatic rings. The third kappa shape index (κ3) is 4.51. The first-order chi connectivity index (χ1) is 12.9. The average Bonchev–Trinajstić information content (AvgIpc) is 3.16. The molecule has 2 aliphatic heterocycles. The first-order valence-corrected chi connectivity index (χ1v) is 9.89. The number of aryl methyl sites for hydroxylation is 1. The van der Waals surface area contributed by atoms with Gasteiger partial charge in [-0.1, -0.05) is 6.42 Å². The van der Waals surface area contributed by atoms with Crippen LogP contribution in [0, 0.1) is 24.4 Å². The number of benzene rings is 1. The van der Waals surface area contributed by atoms with Crippen LogP contribution in [0.3, 0.4) is 0 Å². The van der Waals surface area contributed by atoms with E-state index in [2.05, 4.69) is 10.6 Å². The molecule has 2 N–H and O–H groups in total. The van der Waals surface area contributed by atoms with Crippen molar-refractivity contribution in [3.8, 4) is 5.75 Å². The average molecular weight is 402 g/mol. The Morgan fingerprint density at radius 2 is 2.04 bits per heavy atom. The molecule has 0 saturated carbocycles. The number of unbranched alkanes of at least 4 members (excludes halogenated alkanes) is 1. The molecule has 0 spiro atoms. The van der Waals surface area contributed by atoms with E-state index >= 15 is 0 Å². The van der Waals surface area contributed by atoms with Gasteiger partial charge in [-0.15, -0.1) is 0 Å². The fourth-order valence-corrected chi connectivity index (χ4v) is 4.91. The highest BCUT2D eigenvalue weighted by Crippen LogP contribution is 2.33. The molecule has 1 aromatic rings. The molecule has 0 aromatic heterocycles. The maximum atomic E-state index is 13.8. The molecule has 2 fully saturated rings. The van der Waals surface area contributed by atoms with Crippen molar-refractivity contribution in [1.29, 1.82) is 0 Å². The minimum Gasteiger partial charge on any atom is -0.480 e. The quantitative estimate of drug-likeness (QED) is 0.398. The minimum absolute atomic E-state index is 0.0859. The van der Waals surface area contributed by atoms with E-state index < -0.39 is 29.8 Å². The van der Waals surface area contributed by atoms with E-state index in [4.69, 9.17) is 4.74 Å². The van der Waals surface area contributed by atoms with Crippen LogP contribution in [0.25, 0.3) is 0 Å². The lowest BCUT2D eigenvalue weighted by atomic mass is 10.0. The molecule has 0 radical (unpaired) electrons. The highest BCUT2D eigenvalue weighted by atomic mass is 32.2. The number of ether oxygens (including phenoxy) is 1. The second-order valence-electron chi connectivity index (χ2n) is 6.83. The summed E-state index contributed by atoms with van der Waals surface area (Å²) in [6, 6.07) is 0.910. The third-order valence-electron chi connectivity index (χ3n) is 4.81. The lowest BCUT2D eigenvalue weighted by Gasteiger charge is -2.16. The first kappa shape index (κ1) is 19.9. The summed E-state index contributed by atoms with van der Waals surface area (Å²) in [5.41, 5.74) is -0.0859. The van der Waals surface area contributed by atoms with Gasteiger partial charge in [-0.2, -0.15) is 16.2 Å². The van der Waals surface area contributed by atoms with Gasteiger partial charge < -0.3 is 15.4 Å². The summed E-state index contributed by atoms with van der Waals surface area (Å²) in [4.78, 5) is 23.2. The van der Waals surface area contributed by atoms with Gasteiger partial charge in [0, 0.05) is 17.4 Å². The Kier molecular flexibility index (Phi) is 6.18. The van der Waals surface area contributed by atoms with Gasteiger partial charge in [-0.3, -0.25) is 4.79 Å². The Labute approximate surface area is 159 Å². The van der Waals surface area contributed by atoms with Crippen LogP contribution in [0.15, 0.2) is 6.07 Å². The smallest absolute Gasteiger partial charge is 0.315 e. The fourth-order valence-electron chi connectivity index (χ4n) is 3.36. The van der Waals surface area contributed by atoms with E-state index in [-0.39, 0.29) is 35.9 Å². The predicted molar refractivity (Wildman–Crippen MR) is 95.5 cm³/mol. The summed E-state index contributed by atoms with van der Waals surface area (Å²) in [6.07, 6.45) is 2.50. The third-order valence-corrected chi connectivity index (χ3v) is 6.32. The second-order valence-corrected chi connectivity index (χ2v) is 8.10. The molecule has 0 bridgehead atoms. The SMILES string of the molecule is Cc1cc(F)c(F)c(OCC(=O)CCCCC2SCC3NC(=O)NC32)c1F. The van der Waals surface area contributed by atoms with Gasteiger partial charge in [0.25, 0.3) is 0 Å². The second kappa shape index (κ2) is 8.41. The van der Waals surface area contributed by atoms with Crippen molar-refractivity contribution in [2.75, 3.05) is 12.4 Å². The van der Waals surface area contributed by atoms with Gasteiger partial charge in [-0.05, 0) is 31.4 Å². The zero-order valence-corrected chi connectivity index (χ0v) is 15.6. The van der Waals surface area contributed by atoms with Crippen LogP contribution < -0.4 is 15.4 Å². The normalized spacial score (nSPS) is 23.7. The molecular formula is C18H21F3N2O3S. The molecule has 2 heterocycles. The van der Waals surface area contributed by atoms with Crippen LogP contribution in [0.4, 0.5) is 18.0 Å². The van der Waals surface area contributed by atoms with Crippen LogP contribution in [0.1, 0.15) is 31.2 Å². The highest BCUT2D eigenvalue weighted by molar-refractivity contribution is 8.00. The Hall–Kier alpha value is -1.90. The number of Topliss-reactive ketones (excluding diaryl/α,β-unsaturated/α-hetero) is 1. The molecule has 3 atom stereocenters. The summed E-state index contributed by atoms with van der Waals surface area (Å²) in [6.45, 7) is 0.792. The molecular weight excluding hydrogens is 381 g/mol. The molecule has 148 valence electrons. The van der Waals surface area contributed by atoms with Crippen molar-refractivity contribution in [1.82, 2.24) is 10.6 Å². The molecule has 1 aromatic carbocycles. The van der Waals surface area contributed by atoms with Crippen molar-refractivity contribution >= 4 is 23.6 Å². The summed E-state index contributed by atoms with van der Waals surface area (Å²) in [5, 5.41) is 6.11. The number of carbonyl (C=O) groups excluding carboxylic acids is 2. The maximum absolute atomic E-state index is 13.8. The first-order valence-electron chi connectivity index (χ1n) is 8.84. The van der Waals surface area contributed by atoms with Gasteiger partial charge in [-0.25, -0.2) is 13.6 Å². The molecule has 2 saturated heterocycles. The number of urea groups is 1. The van der Waals surface area contributed by atoms with E-state index in [0.717, 1.165) is 24.7 Å². The van der Waals surface area contributed by atoms with E-state index in [1.165, 1.54) is 6.92 Å². The van der Waals surface area contributed by atoms with Crippen molar-refractivity contribution < 1.29 is 27.5 Å². The van der Waals surface area contributed by atoms with Gasteiger partial charge >= 0.3 is 6.03 Å². The minimum atomic E-state index is -1.43. The largest absolute Gasteiger partial charge is 0.480 e. The standard InChI is InChI=1S/C18H21F3N2O3S/c1-9-6-11(19)15(21)17(14(9)20)26-7-10(24)4-2-3-5-13-16-12(8-27-13)22-18(25)23-16/h6,12-13,16H,2-5,7-8H2,1H3,(H2,22,23,25). The van der Waals surface area contributed by atoms with Crippen LogP contribution in [-0.4, -0.2) is 41.5 Å².